The maximum atomic E-state index is 12.6. The molecule has 0 spiro atoms. The Morgan fingerprint density at radius 3 is 2.71 bits per heavy atom. The van der Waals surface area contributed by atoms with Gasteiger partial charge in [0.15, 0.2) is 0 Å². The number of hydrogen-bond acceptors (Lipinski definition) is 3. The molecule has 1 heterocycles. The molecule has 21 heavy (non-hydrogen) atoms. The van der Waals surface area contributed by atoms with Crippen molar-refractivity contribution >= 4 is 23.2 Å². The van der Waals surface area contributed by atoms with Crippen LogP contribution in [0.1, 0.15) is 34.1 Å². The minimum absolute atomic E-state index is 0.0469. The fraction of sp³-hybridized carbons (Fsp3) is 0.500. The Balaban J connectivity index is 2.24. The van der Waals surface area contributed by atoms with E-state index in [-0.39, 0.29) is 24.4 Å². The summed E-state index contributed by atoms with van der Waals surface area (Å²) in [4.78, 5) is 26.3. The third-order valence-electron chi connectivity index (χ3n) is 3.74. The number of benzene rings is 1. The molecule has 1 unspecified atom stereocenters. The van der Waals surface area contributed by atoms with Crippen molar-refractivity contribution in [2.24, 2.45) is 0 Å². The highest BCUT2D eigenvalue weighted by Gasteiger charge is 2.39. The lowest BCUT2D eigenvalue weighted by atomic mass is 9.98. The van der Waals surface area contributed by atoms with Gasteiger partial charge in [0.05, 0.1) is 11.4 Å². The Kier molecular flexibility index (Phi) is 4.21. The third-order valence-corrected chi connectivity index (χ3v) is 3.74. The highest BCUT2D eigenvalue weighted by atomic mass is 16.2. The number of hydrogen-bond donors (Lipinski definition) is 2. The molecule has 1 aromatic carbocycles. The SMILES string of the molecule is CCC(C)NC(=O)CN1C(=O)C(C)(C)Nc2ccccc21. The van der Waals surface area contributed by atoms with Crippen molar-refractivity contribution in [3.8, 4) is 0 Å². The molecule has 0 aliphatic carbocycles. The van der Waals surface area contributed by atoms with Crippen LogP contribution < -0.4 is 15.5 Å². The normalized spacial score (nSPS) is 17.7. The van der Waals surface area contributed by atoms with Crippen LogP contribution in [0, 0.1) is 0 Å². The zero-order valence-corrected chi connectivity index (χ0v) is 13.1. The topological polar surface area (TPSA) is 61.4 Å². The second-order valence-electron chi connectivity index (χ2n) is 6.04. The minimum Gasteiger partial charge on any atom is -0.370 e. The van der Waals surface area contributed by atoms with Gasteiger partial charge < -0.3 is 10.6 Å². The van der Waals surface area contributed by atoms with E-state index in [1.807, 2.05) is 52.0 Å². The second-order valence-corrected chi connectivity index (χ2v) is 6.04. The summed E-state index contributed by atoms with van der Waals surface area (Å²) in [6, 6.07) is 7.66. The molecule has 1 aromatic rings. The van der Waals surface area contributed by atoms with Crippen molar-refractivity contribution in [2.45, 2.75) is 45.7 Å². The van der Waals surface area contributed by atoms with Gasteiger partial charge in [-0.3, -0.25) is 14.5 Å². The lowest BCUT2D eigenvalue weighted by molar-refractivity contribution is -0.126. The Morgan fingerprint density at radius 1 is 1.38 bits per heavy atom. The number of carbonyl (C=O) groups excluding carboxylic acids is 2. The first-order chi connectivity index (χ1) is 9.85. The largest absolute Gasteiger partial charge is 0.370 e. The molecule has 0 saturated carbocycles. The maximum Gasteiger partial charge on any atom is 0.252 e. The van der Waals surface area contributed by atoms with Gasteiger partial charge in [0.25, 0.3) is 5.91 Å². The summed E-state index contributed by atoms with van der Waals surface area (Å²) in [7, 11) is 0. The Labute approximate surface area is 125 Å². The smallest absolute Gasteiger partial charge is 0.252 e. The summed E-state index contributed by atoms with van der Waals surface area (Å²) in [5, 5.41) is 6.12. The number of para-hydroxylation sites is 2. The van der Waals surface area contributed by atoms with Gasteiger partial charge >= 0.3 is 0 Å². The van der Waals surface area contributed by atoms with E-state index in [4.69, 9.17) is 0 Å². The molecule has 0 bridgehead atoms. The van der Waals surface area contributed by atoms with Crippen molar-refractivity contribution in [2.75, 3.05) is 16.8 Å². The van der Waals surface area contributed by atoms with E-state index in [0.29, 0.717) is 0 Å². The minimum atomic E-state index is -0.717. The number of anilines is 2. The van der Waals surface area contributed by atoms with E-state index in [1.54, 1.807) is 4.90 Å². The summed E-state index contributed by atoms with van der Waals surface area (Å²) in [5.41, 5.74) is 0.907. The van der Waals surface area contributed by atoms with Gasteiger partial charge in [0, 0.05) is 6.04 Å². The van der Waals surface area contributed by atoms with Crippen LogP contribution in [0.3, 0.4) is 0 Å². The van der Waals surface area contributed by atoms with Crippen molar-refractivity contribution in [1.29, 1.82) is 0 Å². The fourth-order valence-electron chi connectivity index (χ4n) is 2.37. The van der Waals surface area contributed by atoms with Gasteiger partial charge in [-0.2, -0.15) is 0 Å². The number of rotatable bonds is 4. The monoisotopic (exact) mass is 289 g/mol. The van der Waals surface area contributed by atoms with E-state index in [0.717, 1.165) is 17.8 Å². The highest BCUT2D eigenvalue weighted by molar-refractivity contribution is 6.09. The predicted octanol–water partition coefficient (Wildman–Crippen LogP) is 2.14. The lowest BCUT2D eigenvalue weighted by Gasteiger charge is -2.39. The van der Waals surface area contributed by atoms with Gasteiger partial charge in [-0.25, -0.2) is 0 Å². The molecule has 5 heteroatoms. The van der Waals surface area contributed by atoms with Crippen LogP contribution in [0.15, 0.2) is 24.3 Å². The average molecular weight is 289 g/mol. The fourth-order valence-corrected chi connectivity index (χ4v) is 2.37. The number of amides is 2. The van der Waals surface area contributed by atoms with E-state index in [1.165, 1.54) is 0 Å². The van der Waals surface area contributed by atoms with Crippen LogP contribution in [0.5, 0.6) is 0 Å². The van der Waals surface area contributed by atoms with Gasteiger partial charge in [-0.05, 0) is 39.3 Å². The molecule has 0 fully saturated rings. The van der Waals surface area contributed by atoms with Crippen LogP contribution in [0.2, 0.25) is 0 Å². The summed E-state index contributed by atoms with van der Waals surface area (Å²) in [6.07, 6.45) is 0.864. The summed E-state index contributed by atoms with van der Waals surface area (Å²) in [5.74, 6) is -0.231. The van der Waals surface area contributed by atoms with Crippen LogP contribution in [0.25, 0.3) is 0 Å². The molecule has 1 aliphatic rings. The molecule has 114 valence electrons. The Hall–Kier alpha value is -2.04. The first-order valence-electron chi connectivity index (χ1n) is 7.33. The standard InChI is InChI=1S/C16H23N3O2/c1-5-11(2)17-14(20)10-19-13-9-7-6-8-12(13)18-16(3,4)15(19)21/h6-9,11,18H,5,10H2,1-4H3,(H,17,20). The zero-order valence-electron chi connectivity index (χ0n) is 13.1. The highest BCUT2D eigenvalue weighted by Crippen LogP contribution is 2.34. The lowest BCUT2D eigenvalue weighted by Crippen LogP contribution is -2.56. The number of carbonyl (C=O) groups is 2. The number of fused-ring (bicyclic) bond motifs is 1. The third kappa shape index (κ3) is 3.17. The van der Waals surface area contributed by atoms with Crippen LogP contribution in [0.4, 0.5) is 11.4 Å². The quantitative estimate of drug-likeness (QED) is 0.892. The first kappa shape index (κ1) is 15.4. The molecule has 1 atom stereocenters. The van der Waals surface area contributed by atoms with Crippen molar-refractivity contribution in [3.05, 3.63) is 24.3 Å². The molecule has 0 saturated heterocycles. The summed E-state index contributed by atoms with van der Waals surface area (Å²) >= 11 is 0. The molecular weight excluding hydrogens is 266 g/mol. The first-order valence-corrected chi connectivity index (χ1v) is 7.33. The molecular formula is C16H23N3O2. The zero-order chi connectivity index (χ0) is 15.6. The summed E-state index contributed by atoms with van der Waals surface area (Å²) in [6.45, 7) is 7.66. The van der Waals surface area contributed by atoms with Crippen molar-refractivity contribution < 1.29 is 9.59 Å². The molecule has 2 amide bonds. The Morgan fingerprint density at radius 2 is 2.05 bits per heavy atom. The van der Waals surface area contributed by atoms with Gasteiger partial charge in [0.1, 0.15) is 12.1 Å². The van der Waals surface area contributed by atoms with Crippen LogP contribution in [-0.4, -0.2) is 29.9 Å². The van der Waals surface area contributed by atoms with E-state index < -0.39 is 5.54 Å². The molecule has 5 nitrogen and oxygen atoms in total. The number of nitrogens with one attached hydrogen (secondary N) is 2. The number of nitrogens with zero attached hydrogens (tertiary/aromatic N) is 1. The predicted molar refractivity (Wildman–Crippen MR) is 84.4 cm³/mol. The van der Waals surface area contributed by atoms with Gasteiger partial charge in [0.2, 0.25) is 5.91 Å². The molecule has 0 radical (unpaired) electrons. The van der Waals surface area contributed by atoms with Gasteiger partial charge in [-0.15, -0.1) is 0 Å². The molecule has 0 aromatic heterocycles. The van der Waals surface area contributed by atoms with Crippen LogP contribution in [-0.2, 0) is 9.59 Å². The Bertz CT molecular complexity index is 554. The van der Waals surface area contributed by atoms with Gasteiger partial charge in [-0.1, -0.05) is 19.1 Å². The molecule has 2 rings (SSSR count). The molecule has 1 aliphatic heterocycles. The van der Waals surface area contributed by atoms with E-state index in [9.17, 15) is 9.59 Å². The summed E-state index contributed by atoms with van der Waals surface area (Å²) < 4.78 is 0. The van der Waals surface area contributed by atoms with Crippen molar-refractivity contribution in [3.63, 3.8) is 0 Å². The van der Waals surface area contributed by atoms with Crippen LogP contribution >= 0.6 is 0 Å². The second kappa shape index (κ2) is 5.76. The van der Waals surface area contributed by atoms with E-state index >= 15 is 0 Å². The van der Waals surface area contributed by atoms with E-state index in [2.05, 4.69) is 10.6 Å². The molecule has 2 N–H and O–H groups in total. The van der Waals surface area contributed by atoms with Crippen molar-refractivity contribution in [1.82, 2.24) is 5.32 Å². The average Bonchev–Trinajstić information content (AvgIpc) is 2.43. The maximum absolute atomic E-state index is 12.6.